The third-order valence-corrected chi connectivity index (χ3v) is 2.45. The molecule has 0 aromatic carbocycles. The second kappa shape index (κ2) is 3.56. The molecule has 0 aromatic heterocycles. The molecule has 0 spiro atoms. The van der Waals surface area contributed by atoms with Crippen molar-refractivity contribution in [1.82, 2.24) is 5.32 Å². The van der Waals surface area contributed by atoms with Crippen molar-refractivity contribution >= 4 is 5.78 Å². The van der Waals surface area contributed by atoms with Crippen LogP contribution < -0.4 is 5.32 Å². The number of hydrogen-bond donors (Lipinski definition) is 1. The fourth-order valence-corrected chi connectivity index (χ4v) is 1.70. The summed E-state index contributed by atoms with van der Waals surface area (Å²) in [5, 5.41) is 3.27. The van der Waals surface area contributed by atoms with Crippen LogP contribution in [0.2, 0.25) is 0 Å². The minimum Gasteiger partial charge on any atom is -0.317 e. The lowest BCUT2D eigenvalue weighted by Gasteiger charge is -2.27. The van der Waals surface area contributed by atoms with Gasteiger partial charge in [-0.1, -0.05) is 20.8 Å². The fraction of sp³-hybridized carbons (Fsp3) is 0.900. The van der Waals surface area contributed by atoms with Crippen LogP contribution in [0.4, 0.5) is 0 Å². The zero-order chi connectivity index (χ0) is 9.19. The highest BCUT2D eigenvalue weighted by Gasteiger charge is 2.29. The van der Waals surface area contributed by atoms with Gasteiger partial charge in [0.05, 0.1) is 0 Å². The summed E-state index contributed by atoms with van der Waals surface area (Å²) in [5.74, 6) is 0.746. The van der Waals surface area contributed by atoms with Crippen LogP contribution >= 0.6 is 0 Å². The molecule has 1 aliphatic heterocycles. The van der Waals surface area contributed by atoms with E-state index in [1.165, 1.54) is 0 Å². The van der Waals surface area contributed by atoms with Crippen molar-refractivity contribution in [1.29, 1.82) is 0 Å². The van der Waals surface area contributed by atoms with E-state index in [4.69, 9.17) is 0 Å². The van der Waals surface area contributed by atoms with Crippen LogP contribution in [0.15, 0.2) is 0 Å². The first-order chi connectivity index (χ1) is 5.52. The SMILES string of the molecule is CC(C)(C)C(=O)C1CCNCC1. The molecule has 1 fully saturated rings. The van der Waals surface area contributed by atoms with Crippen LogP contribution in [0.3, 0.4) is 0 Å². The molecule has 70 valence electrons. The molecule has 0 unspecified atom stereocenters. The van der Waals surface area contributed by atoms with E-state index < -0.39 is 0 Å². The number of hydrogen-bond acceptors (Lipinski definition) is 2. The van der Waals surface area contributed by atoms with E-state index in [1.54, 1.807) is 0 Å². The van der Waals surface area contributed by atoms with Gasteiger partial charge in [0.25, 0.3) is 0 Å². The van der Waals surface area contributed by atoms with Crippen LogP contribution in [0.25, 0.3) is 0 Å². The molecule has 0 bridgehead atoms. The zero-order valence-corrected chi connectivity index (χ0v) is 8.31. The zero-order valence-electron chi connectivity index (χ0n) is 8.31. The summed E-state index contributed by atoms with van der Waals surface area (Å²) in [6, 6.07) is 0. The molecule has 0 aliphatic carbocycles. The van der Waals surface area contributed by atoms with Crippen LogP contribution in [0, 0.1) is 11.3 Å². The smallest absolute Gasteiger partial charge is 0.141 e. The highest BCUT2D eigenvalue weighted by molar-refractivity contribution is 5.86. The molecule has 0 aromatic rings. The molecule has 1 N–H and O–H groups in total. The average molecular weight is 169 g/mol. The van der Waals surface area contributed by atoms with E-state index in [1.807, 2.05) is 20.8 Å². The highest BCUT2D eigenvalue weighted by Crippen LogP contribution is 2.25. The van der Waals surface area contributed by atoms with E-state index in [2.05, 4.69) is 5.32 Å². The van der Waals surface area contributed by atoms with E-state index in [0.717, 1.165) is 25.9 Å². The number of ketones is 1. The van der Waals surface area contributed by atoms with Crippen molar-refractivity contribution < 1.29 is 4.79 Å². The van der Waals surface area contributed by atoms with Gasteiger partial charge in [0.1, 0.15) is 5.78 Å². The average Bonchev–Trinajstić information content (AvgIpc) is 2.03. The lowest BCUT2D eigenvalue weighted by molar-refractivity contribution is -0.131. The second-order valence-corrected chi connectivity index (χ2v) is 4.64. The minimum absolute atomic E-state index is 0.151. The number of Topliss-reactive ketones (excluding diaryl/α,β-unsaturated/α-hetero) is 1. The molecular weight excluding hydrogens is 150 g/mol. The number of piperidine rings is 1. The van der Waals surface area contributed by atoms with Crippen LogP contribution in [0.5, 0.6) is 0 Å². The van der Waals surface area contributed by atoms with E-state index in [0.29, 0.717) is 11.7 Å². The lowest BCUT2D eigenvalue weighted by atomic mass is 9.79. The Labute approximate surface area is 74.7 Å². The molecule has 12 heavy (non-hydrogen) atoms. The van der Waals surface area contributed by atoms with Gasteiger partial charge in [-0.25, -0.2) is 0 Å². The quantitative estimate of drug-likeness (QED) is 0.646. The number of rotatable bonds is 1. The maximum Gasteiger partial charge on any atom is 0.141 e. The van der Waals surface area contributed by atoms with Crippen LogP contribution in [-0.2, 0) is 4.79 Å². The third-order valence-electron chi connectivity index (χ3n) is 2.45. The Morgan fingerprint density at radius 2 is 1.75 bits per heavy atom. The van der Waals surface area contributed by atoms with E-state index in [-0.39, 0.29) is 5.41 Å². The summed E-state index contributed by atoms with van der Waals surface area (Å²) in [6.07, 6.45) is 2.05. The number of carbonyl (C=O) groups is 1. The van der Waals surface area contributed by atoms with Gasteiger partial charge in [0.2, 0.25) is 0 Å². The summed E-state index contributed by atoms with van der Waals surface area (Å²) >= 11 is 0. The van der Waals surface area contributed by atoms with Gasteiger partial charge in [0.15, 0.2) is 0 Å². The molecule has 0 amide bonds. The molecule has 0 atom stereocenters. The first kappa shape index (κ1) is 9.72. The Morgan fingerprint density at radius 1 is 1.25 bits per heavy atom. The summed E-state index contributed by atoms with van der Waals surface area (Å²) in [7, 11) is 0. The molecule has 1 saturated heterocycles. The fourth-order valence-electron chi connectivity index (χ4n) is 1.70. The van der Waals surface area contributed by atoms with Gasteiger partial charge in [-0.15, -0.1) is 0 Å². The normalized spacial score (nSPS) is 20.9. The number of carbonyl (C=O) groups excluding carboxylic acids is 1. The van der Waals surface area contributed by atoms with Crippen molar-refractivity contribution in [3.05, 3.63) is 0 Å². The third kappa shape index (κ3) is 2.31. The van der Waals surface area contributed by atoms with Gasteiger partial charge < -0.3 is 5.32 Å². The largest absolute Gasteiger partial charge is 0.317 e. The predicted molar refractivity (Wildman–Crippen MR) is 50.1 cm³/mol. The molecule has 2 nitrogen and oxygen atoms in total. The summed E-state index contributed by atoms with van der Waals surface area (Å²) in [4.78, 5) is 11.8. The van der Waals surface area contributed by atoms with Crippen molar-refractivity contribution in [2.45, 2.75) is 33.6 Å². The maximum atomic E-state index is 11.8. The van der Waals surface area contributed by atoms with E-state index >= 15 is 0 Å². The maximum absolute atomic E-state index is 11.8. The van der Waals surface area contributed by atoms with Crippen molar-refractivity contribution in [2.24, 2.45) is 11.3 Å². The Bertz CT molecular complexity index is 163. The standard InChI is InChI=1S/C10H19NO/c1-10(2,3)9(12)8-4-6-11-7-5-8/h8,11H,4-7H2,1-3H3. The molecule has 1 heterocycles. The van der Waals surface area contributed by atoms with Crippen molar-refractivity contribution in [3.8, 4) is 0 Å². The first-order valence-electron chi connectivity index (χ1n) is 4.77. The van der Waals surface area contributed by atoms with Crippen molar-refractivity contribution in [2.75, 3.05) is 13.1 Å². The van der Waals surface area contributed by atoms with Crippen molar-refractivity contribution in [3.63, 3.8) is 0 Å². The molecular formula is C10H19NO. The second-order valence-electron chi connectivity index (χ2n) is 4.64. The summed E-state index contributed by atoms with van der Waals surface area (Å²) < 4.78 is 0. The topological polar surface area (TPSA) is 29.1 Å². The number of nitrogens with one attached hydrogen (secondary N) is 1. The Hall–Kier alpha value is -0.370. The Kier molecular flexibility index (Phi) is 2.89. The predicted octanol–water partition coefficient (Wildman–Crippen LogP) is 1.60. The van der Waals surface area contributed by atoms with Gasteiger partial charge in [-0.2, -0.15) is 0 Å². The molecule has 1 rings (SSSR count). The van der Waals surface area contributed by atoms with Crippen LogP contribution in [0.1, 0.15) is 33.6 Å². The highest BCUT2D eigenvalue weighted by atomic mass is 16.1. The van der Waals surface area contributed by atoms with Gasteiger partial charge >= 0.3 is 0 Å². The Morgan fingerprint density at radius 3 is 2.17 bits per heavy atom. The molecule has 2 heteroatoms. The summed E-state index contributed by atoms with van der Waals surface area (Å²) in [5.41, 5.74) is -0.151. The lowest BCUT2D eigenvalue weighted by Crippen LogP contribution is -2.36. The first-order valence-corrected chi connectivity index (χ1v) is 4.77. The molecule has 0 saturated carbocycles. The van der Waals surface area contributed by atoms with Gasteiger partial charge in [-0.3, -0.25) is 4.79 Å². The Balaban J connectivity index is 2.51. The molecule has 0 radical (unpaired) electrons. The molecule has 1 aliphatic rings. The van der Waals surface area contributed by atoms with Crippen LogP contribution in [-0.4, -0.2) is 18.9 Å². The van der Waals surface area contributed by atoms with E-state index in [9.17, 15) is 4.79 Å². The van der Waals surface area contributed by atoms with Gasteiger partial charge in [0, 0.05) is 11.3 Å². The minimum atomic E-state index is -0.151. The van der Waals surface area contributed by atoms with Gasteiger partial charge in [-0.05, 0) is 25.9 Å². The monoisotopic (exact) mass is 169 g/mol. The summed E-state index contributed by atoms with van der Waals surface area (Å²) in [6.45, 7) is 8.05.